The number of nitrogens with one attached hydrogen (secondary N) is 1. The van der Waals surface area contributed by atoms with Gasteiger partial charge in [-0.05, 0) is 32.9 Å². The van der Waals surface area contributed by atoms with Crippen molar-refractivity contribution >= 4 is 5.91 Å². The summed E-state index contributed by atoms with van der Waals surface area (Å²) < 4.78 is 0. The van der Waals surface area contributed by atoms with E-state index < -0.39 is 5.54 Å². The van der Waals surface area contributed by atoms with Crippen LogP contribution in [0.5, 0.6) is 0 Å². The van der Waals surface area contributed by atoms with Crippen molar-refractivity contribution in [2.45, 2.75) is 52.1 Å². The van der Waals surface area contributed by atoms with Crippen molar-refractivity contribution < 1.29 is 4.79 Å². The Kier molecular flexibility index (Phi) is 6.72. The van der Waals surface area contributed by atoms with Crippen LogP contribution in [0.1, 0.15) is 40.5 Å². The van der Waals surface area contributed by atoms with Crippen molar-refractivity contribution in [2.24, 2.45) is 11.7 Å². The Morgan fingerprint density at radius 2 is 1.76 bits per heavy atom. The number of nitrogens with zero attached hydrogens (tertiary/aromatic N) is 1. The monoisotopic (exact) mass is 243 g/mol. The second-order valence-corrected chi connectivity index (χ2v) is 5.45. The van der Waals surface area contributed by atoms with Gasteiger partial charge in [-0.15, -0.1) is 0 Å². The van der Waals surface area contributed by atoms with Gasteiger partial charge in [0.25, 0.3) is 0 Å². The third-order valence-electron chi connectivity index (χ3n) is 3.40. The molecule has 0 spiro atoms. The Morgan fingerprint density at radius 3 is 2.06 bits per heavy atom. The van der Waals surface area contributed by atoms with Gasteiger partial charge in [-0.2, -0.15) is 0 Å². The van der Waals surface area contributed by atoms with Crippen LogP contribution in [0.25, 0.3) is 0 Å². The highest BCUT2D eigenvalue weighted by atomic mass is 16.2. The Hall–Kier alpha value is -0.610. The zero-order valence-corrected chi connectivity index (χ0v) is 12.2. The Bertz CT molecular complexity index is 235. The van der Waals surface area contributed by atoms with Gasteiger partial charge in [-0.1, -0.05) is 27.7 Å². The number of nitrogens with two attached hydrogens (primary N) is 1. The molecule has 1 atom stereocenters. The van der Waals surface area contributed by atoms with Crippen molar-refractivity contribution in [1.82, 2.24) is 10.2 Å². The lowest BCUT2D eigenvalue weighted by Gasteiger charge is -2.31. The van der Waals surface area contributed by atoms with E-state index in [4.69, 9.17) is 5.73 Å². The summed E-state index contributed by atoms with van der Waals surface area (Å²) in [5.41, 5.74) is 5.37. The number of carbonyl (C=O) groups excluding carboxylic acids is 1. The number of amides is 1. The normalized spacial score (nSPS) is 14.2. The first-order valence-corrected chi connectivity index (χ1v) is 6.51. The average Bonchev–Trinajstić information content (AvgIpc) is 2.26. The van der Waals surface area contributed by atoms with Crippen LogP contribution in [-0.4, -0.2) is 43.0 Å². The summed E-state index contributed by atoms with van der Waals surface area (Å²) in [6.45, 7) is 8.99. The first-order valence-electron chi connectivity index (χ1n) is 6.51. The first-order chi connectivity index (χ1) is 7.76. The van der Waals surface area contributed by atoms with Gasteiger partial charge in [0, 0.05) is 12.6 Å². The third-order valence-corrected chi connectivity index (χ3v) is 3.40. The van der Waals surface area contributed by atoms with Crippen molar-refractivity contribution in [1.29, 1.82) is 0 Å². The lowest BCUT2D eigenvalue weighted by molar-refractivity contribution is -0.127. The highest BCUT2D eigenvalue weighted by Gasteiger charge is 2.31. The van der Waals surface area contributed by atoms with Crippen LogP contribution in [0.4, 0.5) is 0 Å². The minimum Gasteiger partial charge on any atom is -0.350 e. The molecule has 0 aliphatic heterocycles. The Balaban J connectivity index is 4.60. The number of hydrogen-bond acceptors (Lipinski definition) is 3. The van der Waals surface area contributed by atoms with E-state index in [9.17, 15) is 4.79 Å². The SMILES string of the molecule is CCC(N)(CC)C(=O)NC(CN(C)C)C(C)C. The van der Waals surface area contributed by atoms with Crippen LogP contribution in [-0.2, 0) is 4.79 Å². The molecule has 0 aromatic rings. The maximum absolute atomic E-state index is 12.2. The molecule has 1 unspecified atom stereocenters. The zero-order valence-electron chi connectivity index (χ0n) is 12.2. The lowest BCUT2D eigenvalue weighted by Crippen LogP contribution is -2.57. The van der Waals surface area contributed by atoms with Crippen LogP contribution < -0.4 is 11.1 Å². The molecule has 17 heavy (non-hydrogen) atoms. The number of rotatable bonds is 7. The number of carbonyl (C=O) groups is 1. The molecular weight excluding hydrogens is 214 g/mol. The highest BCUT2D eigenvalue weighted by molar-refractivity contribution is 5.86. The molecule has 0 fully saturated rings. The smallest absolute Gasteiger partial charge is 0.240 e. The van der Waals surface area contributed by atoms with Gasteiger partial charge in [-0.3, -0.25) is 4.79 Å². The topological polar surface area (TPSA) is 58.4 Å². The molecule has 1 amide bonds. The minimum atomic E-state index is -0.723. The van der Waals surface area contributed by atoms with E-state index in [1.54, 1.807) is 0 Å². The number of hydrogen-bond donors (Lipinski definition) is 2. The highest BCUT2D eigenvalue weighted by Crippen LogP contribution is 2.13. The maximum Gasteiger partial charge on any atom is 0.240 e. The molecule has 4 nitrogen and oxygen atoms in total. The molecule has 102 valence electrons. The standard InChI is InChI=1S/C13H29N3O/c1-7-13(14,8-2)12(17)15-11(10(3)4)9-16(5)6/h10-11H,7-9,14H2,1-6H3,(H,15,17). The quantitative estimate of drug-likeness (QED) is 0.706. The fourth-order valence-corrected chi connectivity index (χ4v) is 1.70. The molecule has 0 aromatic heterocycles. The van der Waals surface area contributed by atoms with E-state index in [-0.39, 0.29) is 11.9 Å². The second-order valence-electron chi connectivity index (χ2n) is 5.45. The van der Waals surface area contributed by atoms with E-state index in [1.807, 2.05) is 27.9 Å². The van der Waals surface area contributed by atoms with Crippen molar-refractivity contribution in [3.8, 4) is 0 Å². The maximum atomic E-state index is 12.2. The van der Waals surface area contributed by atoms with E-state index in [0.717, 1.165) is 6.54 Å². The van der Waals surface area contributed by atoms with Gasteiger partial charge in [0.15, 0.2) is 0 Å². The molecule has 0 aromatic carbocycles. The van der Waals surface area contributed by atoms with Gasteiger partial charge in [0.2, 0.25) is 5.91 Å². The fourth-order valence-electron chi connectivity index (χ4n) is 1.70. The summed E-state index contributed by atoms with van der Waals surface area (Å²) >= 11 is 0. The van der Waals surface area contributed by atoms with Gasteiger partial charge in [0.1, 0.15) is 0 Å². The van der Waals surface area contributed by atoms with Crippen LogP contribution in [0.15, 0.2) is 0 Å². The van der Waals surface area contributed by atoms with Crippen molar-refractivity contribution in [2.75, 3.05) is 20.6 Å². The van der Waals surface area contributed by atoms with E-state index in [1.165, 1.54) is 0 Å². The van der Waals surface area contributed by atoms with Crippen LogP contribution in [0.3, 0.4) is 0 Å². The van der Waals surface area contributed by atoms with Gasteiger partial charge in [0.05, 0.1) is 5.54 Å². The van der Waals surface area contributed by atoms with Gasteiger partial charge < -0.3 is 16.0 Å². The summed E-state index contributed by atoms with van der Waals surface area (Å²) in [6, 6.07) is 0.151. The van der Waals surface area contributed by atoms with Crippen LogP contribution in [0, 0.1) is 5.92 Å². The fraction of sp³-hybridized carbons (Fsp3) is 0.923. The molecule has 0 saturated heterocycles. The molecular formula is C13H29N3O. The van der Waals surface area contributed by atoms with Gasteiger partial charge in [-0.25, -0.2) is 0 Å². The summed E-state index contributed by atoms with van der Waals surface area (Å²) in [5, 5.41) is 3.08. The Morgan fingerprint density at radius 1 is 1.29 bits per heavy atom. The van der Waals surface area contributed by atoms with E-state index in [0.29, 0.717) is 18.8 Å². The molecule has 0 aliphatic rings. The van der Waals surface area contributed by atoms with Crippen LogP contribution in [0.2, 0.25) is 0 Å². The molecule has 0 radical (unpaired) electrons. The molecule has 0 heterocycles. The van der Waals surface area contributed by atoms with E-state index >= 15 is 0 Å². The molecule has 0 rings (SSSR count). The minimum absolute atomic E-state index is 0.0250. The summed E-state index contributed by atoms with van der Waals surface area (Å²) in [6.07, 6.45) is 1.34. The average molecular weight is 243 g/mol. The largest absolute Gasteiger partial charge is 0.350 e. The lowest BCUT2D eigenvalue weighted by atomic mass is 9.92. The zero-order chi connectivity index (χ0) is 13.6. The van der Waals surface area contributed by atoms with Crippen LogP contribution >= 0.6 is 0 Å². The summed E-state index contributed by atoms with van der Waals surface area (Å²) in [5.74, 6) is 0.377. The second kappa shape index (κ2) is 6.97. The summed E-state index contributed by atoms with van der Waals surface area (Å²) in [4.78, 5) is 14.3. The summed E-state index contributed by atoms with van der Waals surface area (Å²) in [7, 11) is 4.02. The number of likely N-dealkylation sites (N-methyl/N-ethyl adjacent to an activating group) is 1. The predicted octanol–water partition coefficient (Wildman–Crippen LogP) is 1.21. The molecule has 0 aliphatic carbocycles. The Labute approximate surface area is 106 Å². The van der Waals surface area contributed by atoms with Crippen molar-refractivity contribution in [3.63, 3.8) is 0 Å². The molecule has 0 bridgehead atoms. The first kappa shape index (κ1) is 16.4. The third kappa shape index (κ3) is 5.04. The molecule has 0 saturated carbocycles. The molecule has 4 heteroatoms. The molecule has 3 N–H and O–H groups in total. The van der Waals surface area contributed by atoms with Crippen molar-refractivity contribution in [3.05, 3.63) is 0 Å². The van der Waals surface area contributed by atoms with Gasteiger partial charge >= 0.3 is 0 Å². The predicted molar refractivity (Wildman–Crippen MR) is 72.8 cm³/mol. The van der Waals surface area contributed by atoms with E-state index in [2.05, 4.69) is 24.1 Å².